The van der Waals surface area contributed by atoms with Gasteiger partial charge < -0.3 is 14.8 Å². The molecule has 0 saturated carbocycles. The molecule has 6 nitrogen and oxygen atoms in total. The molecule has 1 atom stereocenters. The maximum atomic E-state index is 13.3. The van der Waals surface area contributed by atoms with Gasteiger partial charge in [0.2, 0.25) is 5.91 Å². The van der Waals surface area contributed by atoms with Gasteiger partial charge >= 0.3 is 5.97 Å². The molecule has 4 aromatic rings. The zero-order chi connectivity index (χ0) is 26.9. The number of amides is 1. The number of carbonyl (C=O) groups excluding carboxylic acids is 2. The summed E-state index contributed by atoms with van der Waals surface area (Å²) in [6, 6.07) is 36.3. The van der Waals surface area contributed by atoms with Crippen molar-refractivity contribution in [2.75, 3.05) is 13.1 Å². The molecule has 1 unspecified atom stereocenters. The second-order valence-electron chi connectivity index (χ2n) is 9.72. The van der Waals surface area contributed by atoms with Gasteiger partial charge in [0.05, 0.1) is 12.5 Å². The summed E-state index contributed by atoms with van der Waals surface area (Å²) in [5.41, 5.74) is 3.83. The molecule has 0 aromatic heterocycles. The Balaban J connectivity index is 1.22. The number of likely N-dealkylation sites (tertiary alicyclic amines) is 1. The third-order valence-electron chi connectivity index (χ3n) is 6.74. The van der Waals surface area contributed by atoms with Crippen molar-refractivity contribution in [2.45, 2.75) is 31.7 Å². The number of benzene rings is 4. The van der Waals surface area contributed by atoms with E-state index in [1.54, 1.807) is 0 Å². The summed E-state index contributed by atoms with van der Waals surface area (Å²) in [7, 11) is 0. The minimum Gasteiger partial charge on any atom is -0.489 e. The van der Waals surface area contributed by atoms with Gasteiger partial charge in [-0.05, 0) is 34.4 Å². The SMILES string of the molecule is O=C(Cc1ccccc1)NC1CN(C(C(=O)OCc2ccccc2)c2ccc(OCc3ccccc3)cc2)C1. The fourth-order valence-electron chi connectivity index (χ4n) is 4.67. The van der Waals surface area contributed by atoms with Gasteiger partial charge in [0.25, 0.3) is 0 Å². The molecular weight excluding hydrogens is 488 g/mol. The van der Waals surface area contributed by atoms with Crippen LogP contribution in [0.1, 0.15) is 28.3 Å². The van der Waals surface area contributed by atoms with Gasteiger partial charge in [-0.15, -0.1) is 0 Å². The van der Waals surface area contributed by atoms with Crippen LogP contribution in [0.4, 0.5) is 0 Å². The molecule has 1 aliphatic heterocycles. The Morgan fingerprint density at radius 1 is 0.718 bits per heavy atom. The van der Waals surface area contributed by atoms with Crippen molar-refractivity contribution in [3.05, 3.63) is 138 Å². The first-order chi connectivity index (χ1) is 19.1. The van der Waals surface area contributed by atoms with Gasteiger partial charge in [-0.3, -0.25) is 9.69 Å². The van der Waals surface area contributed by atoms with Gasteiger partial charge in [-0.1, -0.05) is 103 Å². The van der Waals surface area contributed by atoms with Crippen molar-refractivity contribution < 1.29 is 19.1 Å². The monoisotopic (exact) mass is 520 g/mol. The van der Waals surface area contributed by atoms with Gasteiger partial charge in [0.15, 0.2) is 0 Å². The average molecular weight is 521 g/mol. The molecule has 198 valence electrons. The fraction of sp³-hybridized carbons (Fsp3) is 0.212. The van der Waals surface area contributed by atoms with Gasteiger partial charge in [-0.2, -0.15) is 0 Å². The Hall–Kier alpha value is -4.42. The Kier molecular flexibility index (Phi) is 8.66. The molecule has 39 heavy (non-hydrogen) atoms. The van der Waals surface area contributed by atoms with Gasteiger partial charge in [-0.25, -0.2) is 4.79 Å². The van der Waals surface area contributed by atoms with Crippen LogP contribution in [0.3, 0.4) is 0 Å². The topological polar surface area (TPSA) is 67.9 Å². The first kappa shape index (κ1) is 26.2. The number of rotatable bonds is 11. The van der Waals surface area contributed by atoms with E-state index in [9.17, 15) is 9.59 Å². The molecule has 0 bridgehead atoms. The molecule has 1 amide bonds. The predicted octanol–water partition coefficient (Wildman–Crippen LogP) is 5.09. The van der Waals surface area contributed by atoms with Crippen LogP contribution in [0.2, 0.25) is 0 Å². The number of esters is 1. The minimum absolute atomic E-state index is 0.0147. The molecule has 0 radical (unpaired) electrons. The summed E-state index contributed by atoms with van der Waals surface area (Å²) in [5.74, 6) is 0.397. The Morgan fingerprint density at radius 2 is 1.26 bits per heavy atom. The van der Waals surface area contributed by atoms with E-state index in [2.05, 4.69) is 5.32 Å². The van der Waals surface area contributed by atoms with Crippen molar-refractivity contribution in [1.82, 2.24) is 10.2 Å². The van der Waals surface area contributed by atoms with E-state index in [0.717, 1.165) is 28.0 Å². The lowest BCUT2D eigenvalue weighted by atomic mass is 9.98. The summed E-state index contributed by atoms with van der Waals surface area (Å²) in [6.45, 7) is 1.81. The highest BCUT2D eigenvalue weighted by atomic mass is 16.5. The molecule has 0 spiro atoms. The average Bonchev–Trinajstić information content (AvgIpc) is 2.96. The number of hydrogen-bond acceptors (Lipinski definition) is 5. The summed E-state index contributed by atoms with van der Waals surface area (Å²) in [6.07, 6.45) is 0.338. The lowest BCUT2D eigenvalue weighted by Gasteiger charge is -2.43. The van der Waals surface area contributed by atoms with Crippen LogP contribution < -0.4 is 10.1 Å². The van der Waals surface area contributed by atoms with Crippen LogP contribution in [0.15, 0.2) is 115 Å². The molecule has 1 saturated heterocycles. The van der Waals surface area contributed by atoms with Crippen LogP contribution >= 0.6 is 0 Å². The molecule has 1 fully saturated rings. The number of nitrogens with zero attached hydrogens (tertiary/aromatic N) is 1. The maximum absolute atomic E-state index is 13.3. The van der Waals surface area contributed by atoms with E-state index in [1.165, 1.54) is 0 Å². The highest BCUT2D eigenvalue weighted by Crippen LogP contribution is 2.29. The zero-order valence-corrected chi connectivity index (χ0v) is 21.7. The standard InChI is InChI=1S/C33H32N2O4/c36-31(20-25-10-4-1-5-11-25)34-29-21-35(22-29)32(33(37)39-24-27-14-8-3-9-15-27)28-16-18-30(19-17-28)38-23-26-12-6-2-7-13-26/h1-19,29,32H,20-24H2,(H,34,36). The van der Waals surface area contributed by atoms with E-state index in [-0.39, 0.29) is 24.5 Å². The van der Waals surface area contributed by atoms with E-state index in [0.29, 0.717) is 26.1 Å². The Morgan fingerprint density at radius 3 is 1.85 bits per heavy atom. The zero-order valence-electron chi connectivity index (χ0n) is 21.7. The molecule has 5 rings (SSSR count). The Labute approximate surface area is 229 Å². The summed E-state index contributed by atoms with van der Waals surface area (Å²) < 4.78 is 11.7. The van der Waals surface area contributed by atoms with Crippen LogP contribution in [0.5, 0.6) is 5.75 Å². The molecule has 0 aliphatic carbocycles. The van der Waals surface area contributed by atoms with Crippen molar-refractivity contribution in [3.63, 3.8) is 0 Å². The predicted molar refractivity (Wildman–Crippen MR) is 150 cm³/mol. The summed E-state index contributed by atoms with van der Waals surface area (Å²) >= 11 is 0. The highest BCUT2D eigenvalue weighted by molar-refractivity contribution is 5.80. The lowest BCUT2D eigenvalue weighted by molar-refractivity contribution is -0.154. The van der Waals surface area contributed by atoms with E-state index >= 15 is 0 Å². The first-order valence-corrected chi connectivity index (χ1v) is 13.2. The van der Waals surface area contributed by atoms with E-state index in [1.807, 2.05) is 120 Å². The van der Waals surface area contributed by atoms with Crippen molar-refractivity contribution in [3.8, 4) is 5.75 Å². The quantitative estimate of drug-likeness (QED) is 0.279. The van der Waals surface area contributed by atoms with Crippen LogP contribution in [-0.2, 0) is 34.0 Å². The first-order valence-electron chi connectivity index (χ1n) is 13.2. The highest BCUT2D eigenvalue weighted by Gasteiger charge is 2.38. The second kappa shape index (κ2) is 12.9. The normalized spacial score (nSPS) is 14.2. The molecule has 1 aliphatic rings. The molecule has 1 heterocycles. The summed E-state index contributed by atoms with van der Waals surface area (Å²) in [5, 5.41) is 3.09. The van der Waals surface area contributed by atoms with Crippen LogP contribution in [-0.4, -0.2) is 35.9 Å². The Bertz CT molecular complexity index is 1340. The van der Waals surface area contributed by atoms with Crippen molar-refractivity contribution in [1.29, 1.82) is 0 Å². The second-order valence-corrected chi connectivity index (χ2v) is 9.72. The van der Waals surface area contributed by atoms with Crippen LogP contribution in [0.25, 0.3) is 0 Å². The molecule has 1 N–H and O–H groups in total. The maximum Gasteiger partial charge on any atom is 0.328 e. The lowest BCUT2D eigenvalue weighted by Crippen LogP contribution is -2.61. The molecule has 6 heteroatoms. The minimum atomic E-state index is -0.570. The third kappa shape index (κ3) is 7.33. The smallest absolute Gasteiger partial charge is 0.328 e. The largest absolute Gasteiger partial charge is 0.489 e. The van der Waals surface area contributed by atoms with Crippen LogP contribution in [0, 0.1) is 0 Å². The summed E-state index contributed by atoms with van der Waals surface area (Å²) in [4.78, 5) is 27.9. The van der Waals surface area contributed by atoms with Crippen molar-refractivity contribution >= 4 is 11.9 Å². The van der Waals surface area contributed by atoms with Gasteiger partial charge in [0.1, 0.15) is 25.0 Å². The fourth-order valence-corrected chi connectivity index (χ4v) is 4.67. The van der Waals surface area contributed by atoms with Crippen molar-refractivity contribution in [2.24, 2.45) is 0 Å². The third-order valence-corrected chi connectivity index (χ3v) is 6.74. The number of nitrogens with one attached hydrogen (secondary N) is 1. The van der Waals surface area contributed by atoms with E-state index in [4.69, 9.17) is 9.47 Å². The number of hydrogen-bond donors (Lipinski definition) is 1. The number of carbonyl (C=O) groups is 2. The van der Waals surface area contributed by atoms with E-state index < -0.39 is 6.04 Å². The van der Waals surface area contributed by atoms with Gasteiger partial charge in [0, 0.05) is 13.1 Å². The number of ether oxygens (including phenoxy) is 2. The molecule has 4 aromatic carbocycles. The molecular formula is C33H32N2O4.